The summed E-state index contributed by atoms with van der Waals surface area (Å²) in [4.78, 5) is 23.1. The molecule has 3 aromatic carbocycles. The van der Waals surface area contributed by atoms with Gasteiger partial charge in [0.15, 0.2) is 0 Å². The molecular formula is C24H18ClN3O4. The quantitative estimate of drug-likeness (QED) is 0.217. The van der Waals surface area contributed by atoms with Gasteiger partial charge < -0.3 is 10.1 Å². The Morgan fingerprint density at radius 3 is 2.69 bits per heavy atom. The Morgan fingerprint density at radius 2 is 1.97 bits per heavy atom. The predicted molar refractivity (Wildman–Crippen MR) is 122 cm³/mol. The number of halogens is 1. The van der Waals surface area contributed by atoms with Crippen LogP contribution in [-0.2, 0) is 11.4 Å². The maximum absolute atomic E-state index is 12.6. The van der Waals surface area contributed by atoms with Crippen LogP contribution in [0.5, 0.6) is 5.75 Å². The summed E-state index contributed by atoms with van der Waals surface area (Å²) in [5.74, 6) is -0.195. The van der Waals surface area contributed by atoms with Crippen molar-refractivity contribution in [3.8, 4) is 11.8 Å². The first-order valence-electron chi connectivity index (χ1n) is 9.51. The van der Waals surface area contributed by atoms with Crippen molar-refractivity contribution in [2.45, 2.75) is 13.5 Å². The minimum absolute atomic E-state index is 0.0399. The Hall–Kier alpha value is -4.15. The highest BCUT2D eigenvalue weighted by atomic mass is 35.5. The third-order valence-electron chi connectivity index (χ3n) is 4.43. The molecule has 8 heteroatoms. The van der Waals surface area contributed by atoms with Crippen molar-refractivity contribution >= 4 is 35.0 Å². The number of hydrogen-bond acceptors (Lipinski definition) is 5. The molecule has 3 rings (SSSR count). The van der Waals surface area contributed by atoms with Crippen molar-refractivity contribution in [1.29, 1.82) is 5.26 Å². The molecule has 0 aliphatic rings. The van der Waals surface area contributed by atoms with Gasteiger partial charge in [0.1, 0.15) is 24.0 Å². The van der Waals surface area contributed by atoms with E-state index in [4.69, 9.17) is 16.3 Å². The first-order valence-corrected chi connectivity index (χ1v) is 9.89. The molecule has 1 amide bonds. The molecule has 3 aromatic rings. The fourth-order valence-electron chi connectivity index (χ4n) is 2.91. The third kappa shape index (κ3) is 5.94. The van der Waals surface area contributed by atoms with Crippen molar-refractivity contribution in [3.05, 3.63) is 104 Å². The monoisotopic (exact) mass is 447 g/mol. The maximum atomic E-state index is 12.6. The number of amides is 1. The molecule has 0 heterocycles. The number of nitriles is 1. The van der Waals surface area contributed by atoms with Crippen LogP contribution in [0.25, 0.3) is 6.08 Å². The number of non-ortho nitro benzene ring substituents is 1. The summed E-state index contributed by atoms with van der Waals surface area (Å²) in [6.45, 7) is 1.95. The molecule has 32 heavy (non-hydrogen) atoms. The Bertz CT molecular complexity index is 1250. The number of nitro groups is 1. The van der Waals surface area contributed by atoms with Gasteiger partial charge >= 0.3 is 0 Å². The fraction of sp³-hybridized carbons (Fsp3) is 0.0833. The summed E-state index contributed by atoms with van der Waals surface area (Å²) in [6, 6.07) is 20.0. The van der Waals surface area contributed by atoms with E-state index in [9.17, 15) is 20.2 Å². The van der Waals surface area contributed by atoms with Crippen molar-refractivity contribution < 1.29 is 14.5 Å². The number of nitrogens with one attached hydrogen (secondary N) is 1. The van der Waals surface area contributed by atoms with Crippen LogP contribution in [0.2, 0.25) is 5.02 Å². The van der Waals surface area contributed by atoms with Crippen molar-refractivity contribution in [2.24, 2.45) is 0 Å². The van der Waals surface area contributed by atoms with Crippen molar-refractivity contribution in [1.82, 2.24) is 0 Å². The lowest BCUT2D eigenvalue weighted by Crippen LogP contribution is -2.13. The Morgan fingerprint density at radius 1 is 1.19 bits per heavy atom. The number of ether oxygens (including phenoxy) is 1. The number of carbonyl (C=O) groups excluding carboxylic acids is 1. The van der Waals surface area contributed by atoms with Gasteiger partial charge in [-0.25, -0.2) is 0 Å². The third-order valence-corrected chi connectivity index (χ3v) is 4.66. The highest BCUT2D eigenvalue weighted by Crippen LogP contribution is 2.27. The van der Waals surface area contributed by atoms with E-state index < -0.39 is 10.8 Å². The van der Waals surface area contributed by atoms with Gasteiger partial charge in [-0.3, -0.25) is 14.9 Å². The Kier molecular flexibility index (Phi) is 7.21. The van der Waals surface area contributed by atoms with E-state index in [0.29, 0.717) is 27.6 Å². The minimum atomic E-state index is -0.567. The van der Waals surface area contributed by atoms with Crippen molar-refractivity contribution in [2.75, 3.05) is 5.32 Å². The van der Waals surface area contributed by atoms with Gasteiger partial charge in [-0.15, -0.1) is 0 Å². The van der Waals surface area contributed by atoms with Gasteiger partial charge in [0.05, 0.1) is 4.92 Å². The van der Waals surface area contributed by atoms with E-state index in [0.717, 1.165) is 5.56 Å². The molecule has 160 valence electrons. The topological polar surface area (TPSA) is 105 Å². The van der Waals surface area contributed by atoms with E-state index in [1.165, 1.54) is 18.2 Å². The first kappa shape index (κ1) is 22.5. The summed E-state index contributed by atoms with van der Waals surface area (Å²) in [5, 5.41) is 23.6. The van der Waals surface area contributed by atoms with E-state index in [2.05, 4.69) is 5.32 Å². The van der Waals surface area contributed by atoms with Gasteiger partial charge in [0.25, 0.3) is 11.6 Å². The summed E-state index contributed by atoms with van der Waals surface area (Å²) in [5.41, 5.74) is 2.40. The molecule has 0 fully saturated rings. The van der Waals surface area contributed by atoms with Gasteiger partial charge in [-0.05, 0) is 54.5 Å². The molecule has 0 aliphatic heterocycles. The van der Waals surface area contributed by atoms with E-state index in [1.54, 1.807) is 48.5 Å². The zero-order chi connectivity index (χ0) is 23.1. The predicted octanol–water partition coefficient (Wildman–Crippen LogP) is 5.68. The molecule has 0 saturated heterocycles. The number of nitrogens with zero attached hydrogens (tertiary/aromatic N) is 2. The number of nitro benzene ring substituents is 1. The van der Waals surface area contributed by atoms with Crippen LogP contribution in [0.3, 0.4) is 0 Å². The van der Waals surface area contributed by atoms with E-state index >= 15 is 0 Å². The van der Waals surface area contributed by atoms with E-state index in [-0.39, 0.29) is 17.9 Å². The number of anilines is 1. The number of aryl methyl sites for hydroxylation is 1. The lowest BCUT2D eigenvalue weighted by Gasteiger charge is -2.11. The average molecular weight is 448 g/mol. The molecular weight excluding hydrogens is 430 g/mol. The van der Waals surface area contributed by atoms with Crippen LogP contribution in [0.1, 0.15) is 16.7 Å². The molecule has 0 aliphatic carbocycles. The van der Waals surface area contributed by atoms with Crippen LogP contribution >= 0.6 is 11.6 Å². The number of benzene rings is 3. The van der Waals surface area contributed by atoms with E-state index in [1.807, 2.05) is 19.1 Å². The molecule has 0 aromatic heterocycles. The lowest BCUT2D eigenvalue weighted by molar-refractivity contribution is -0.384. The molecule has 0 bridgehead atoms. The molecule has 0 radical (unpaired) electrons. The summed E-state index contributed by atoms with van der Waals surface area (Å²) < 4.78 is 5.81. The number of carbonyl (C=O) groups is 1. The standard InChI is InChI=1S/C24H18ClN3O4/c1-16-4-2-6-21(10-16)27-24(29)19(14-26)12-18-13-20(25)8-9-23(18)32-15-17-5-3-7-22(11-17)28(30)31/h2-13H,15H2,1H3,(H,27,29)/b19-12+. The second-order valence-electron chi connectivity index (χ2n) is 6.89. The Labute approximate surface area is 189 Å². The summed E-state index contributed by atoms with van der Waals surface area (Å²) in [7, 11) is 0. The zero-order valence-corrected chi connectivity index (χ0v) is 17.8. The lowest BCUT2D eigenvalue weighted by atomic mass is 10.1. The van der Waals surface area contributed by atoms with Crippen molar-refractivity contribution in [3.63, 3.8) is 0 Å². The fourth-order valence-corrected chi connectivity index (χ4v) is 3.09. The van der Waals surface area contributed by atoms with Crippen LogP contribution < -0.4 is 10.1 Å². The Balaban J connectivity index is 1.83. The van der Waals surface area contributed by atoms with Crippen LogP contribution in [0.15, 0.2) is 72.3 Å². The highest BCUT2D eigenvalue weighted by molar-refractivity contribution is 6.30. The first-order chi connectivity index (χ1) is 15.4. The largest absolute Gasteiger partial charge is 0.488 e. The highest BCUT2D eigenvalue weighted by Gasteiger charge is 2.13. The zero-order valence-electron chi connectivity index (χ0n) is 17.0. The number of hydrogen-bond donors (Lipinski definition) is 1. The second-order valence-corrected chi connectivity index (χ2v) is 7.33. The SMILES string of the molecule is Cc1cccc(NC(=O)/C(C#N)=C/c2cc(Cl)ccc2OCc2cccc([N+](=O)[O-])c2)c1. The maximum Gasteiger partial charge on any atom is 0.269 e. The molecule has 7 nitrogen and oxygen atoms in total. The molecule has 0 spiro atoms. The van der Waals surface area contributed by atoms with Gasteiger partial charge in [-0.2, -0.15) is 5.26 Å². The summed E-state index contributed by atoms with van der Waals surface area (Å²) >= 11 is 6.10. The normalized spacial score (nSPS) is 10.8. The second kappa shape index (κ2) is 10.2. The van der Waals surface area contributed by atoms with Gasteiger partial charge in [0.2, 0.25) is 0 Å². The summed E-state index contributed by atoms with van der Waals surface area (Å²) in [6.07, 6.45) is 1.39. The van der Waals surface area contributed by atoms with Crippen LogP contribution in [0.4, 0.5) is 11.4 Å². The molecule has 0 atom stereocenters. The van der Waals surface area contributed by atoms with Gasteiger partial charge in [-0.1, -0.05) is 35.9 Å². The molecule has 0 saturated carbocycles. The molecule has 0 unspecified atom stereocenters. The minimum Gasteiger partial charge on any atom is -0.488 e. The van der Waals surface area contributed by atoms with Crippen LogP contribution in [-0.4, -0.2) is 10.8 Å². The number of rotatable bonds is 7. The molecule has 1 N–H and O–H groups in total. The smallest absolute Gasteiger partial charge is 0.269 e. The van der Waals surface area contributed by atoms with Gasteiger partial charge in [0, 0.05) is 28.4 Å². The average Bonchev–Trinajstić information content (AvgIpc) is 2.77. The van der Waals surface area contributed by atoms with Crippen LogP contribution in [0, 0.1) is 28.4 Å².